The molecule has 0 saturated heterocycles. The van der Waals surface area contributed by atoms with Gasteiger partial charge in [0.1, 0.15) is 11.6 Å². The summed E-state index contributed by atoms with van der Waals surface area (Å²) in [5.74, 6) is 0.555. The highest BCUT2D eigenvalue weighted by Crippen LogP contribution is 2.31. The van der Waals surface area contributed by atoms with Crippen molar-refractivity contribution in [2.75, 3.05) is 6.54 Å². The zero-order valence-electron chi connectivity index (χ0n) is 22.4. The van der Waals surface area contributed by atoms with Crippen molar-refractivity contribution >= 4 is 5.91 Å². The summed E-state index contributed by atoms with van der Waals surface area (Å²) in [6, 6.07) is 33.2. The second kappa shape index (κ2) is 13.0. The van der Waals surface area contributed by atoms with Gasteiger partial charge in [0.25, 0.3) is 0 Å². The van der Waals surface area contributed by atoms with Crippen molar-refractivity contribution in [2.24, 2.45) is 0 Å². The van der Waals surface area contributed by atoms with E-state index in [9.17, 15) is 9.18 Å². The molecule has 4 heteroatoms. The lowest BCUT2D eigenvalue weighted by Crippen LogP contribution is -2.27. The van der Waals surface area contributed by atoms with E-state index in [0.29, 0.717) is 13.0 Å². The van der Waals surface area contributed by atoms with Crippen LogP contribution in [0, 0.1) is 12.7 Å². The highest BCUT2D eigenvalue weighted by Gasteiger charge is 2.20. The van der Waals surface area contributed by atoms with Gasteiger partial charge in [-0.2, -0.15) is 0 Å². The molecule has 4 rings (SSSR count). The van der Waals surface area contributed by atoms with Crippen LogP contribution < -0.4 is 10.1 Å². The predicted octanol–water partition coefficient (Wildman–Crippen LogP) is 7.78. The number of aryl methyl sites for hydroxylation is 1. The van der Waals surface area contributed by atoms with E-state index in [1.54, 1.807) is 12.1 Å². The molecule has 0 aliphatic rings. The van der Waals surface area contributed by atoms with Gasteiger partial charge >= 0.3 is 0 Å². The van der Waals surface area contributed by atoms with Gasteiger partial charge in [-0.3, -0.25) is 4.79 Å². The molecule has 0 spiro atoms. The largest absolute Gasteiger partial charge is 0.491 e. The zero-order valence-corrected chi connectivity index (χ0v) is 22.4. The number of hydrogen-bond acceptors (Lipinski definition) is 2. The average Bonchev–Trinajstić information content (AvgIpc) is 2.92. The topological polar surface area (TPSA) is 38.3 Å². The third kappa shape index (κ3) is 7.55. The molecular weight excluding hydrogens is 473 g/mol. The van der Waals surface area contributed by atoms with Crippen LogP contribution in [0.5, 0.6) is 5.75 Å². The highest BCUT2D eigenvalue weighted by atomic mass is 19.1. The molecule has 0 bridgehead atoms. The zero-order chi connectivity index (χ0) is 26.9. The molecule has 0 aliphatic carbocycles. The van der Waals surface area contributed by atoms with E-state index >= 15 is 0 Å². The Labute approximate surface area is 225 Å². The van der Waals surface area contributed by atoms with Crippen LogP contribution in [0.25, 0.3) is 0 Å². The molecule has 4 aromatic carbocycles. The maximum Gasteiger partial charge on any atom is 0.220 e. The van der Waals surface area contributed by atoms with Crippen molar-refractivity contribution in [2.45, 2.75) is 51.6 Å². The number of nitrogens with one attached hydrogen (secondary N) is 1. The first-order valence-corrected chi connectivity index (χ1v) is 13.3. The van der Waals surface area contributed by atoms with E-state index in [1.807, 2.05) is 56.3 Å². The van der Waals surface area contributed by atoms with Crippen molar-refractivity contribution < 1.29 is 13.9 Å². The molecule has 2 unspecified atom stereocenters. The molecule has 1 amide bonds. The molecule has 38 heavy (non-hydrogen) atoms. The van der Waals surface area contributed by atoms with E-state index in [-0.39, 0.29) is 29.7 Å². The average molecular weight is 510 g/mol. The number of benzene rings is 4. The van der Waals surface area contributed by atoms with Gasteiger partial charge in [0.15, 0.2) is 0 Å². The Morgan fingerprint density at radius 1 is 0.737 bits per heavy atom. The van der Waals surface area contributed by atoms with Crippen LogP contribution in [0.3, 0.4) is 0 Å². The Balaban J connectivity index is 1.45. The Hall–Kier alpha value is -3.92. The van der Waals surface area contributed by atoms with Gasteiger partial charge in [0, 0.05) is 24.8 Å². The normalized spacial score (nSPS) is 12.7. The van der Waals surface area contributed by atoms with Gasteiger partial charge in [-0.15, -0.1) is 0 Å². The lowest BCUT2D eigenvalue weighted by atomic mass is 9.87. The Kier molecular flexibility index (Phi) is 9.31. The number of carbonyl (C=O) groups excluding carboxylic acids is 1. The van der Waals surface area contributed by atoms with Gasteiger partial charge in [-0.05, 0) is 73.7 Å². The van der Waals surface area contributed by atoms with E-state index in [4.69, 9.17) is 4.74 Å². The number of amides is 1. The van der Waals surface area contributed by atoms with Crippen molar-refractivity contribution in [1.29, 1.82) is 0 Å². The molecule has 0 radical (unpaired) electrons. The van der Waals surface area contributed by atoms with Crippen LogP contribution in [-0.4, -0.2) is 18.6 Å². The number of ether oxygens (including phenoxy) is 1. The molecule has 2 atom stereocenters. The standard InChI is InChI=1S/C34H36FNO2/c1-24(2)38-31-19-15-28(16-20-31)32(27-11-9-25(3)10-12-27)21-22-36-34(37)23-33(26-7-5-4-6-8-26)29-13-17-30(35)18-14-29/h4-20,24,32-33H,21-23H2,1-3H3,(H,36,37). The molecule has 3 nitrogen and oxygen atoms in total. The second-order valence-corrected chi connectivity index (χ2v) is 10.1. The summed E-state index contributed by atoms with van der Waals surface area (Å²) in [4.78, 5) is 13.1. The Bertz CT molecular complexity index is 1280. The van der Waals surface area contributed by atoms with Gasteiger partial charge in [-0.25, -0.2) is 4.39 Å². The Morgan fingerprint density at radius 2 is 1.26 bits per heavy atom. The molecule has 0 aliphatic heterocycles. The second-order valence-electron chi connectivity index (χ2n) is 10.1. The quantitative estimate of drug-likeness (QED) is 0.224. The van der Waals surface area contributed by atoms with Crippen molar-refractivity contribution in [3.63, 3.8) is 0 Å². The van der Waals surface area contributed by atoms with Crippen molar-refractivity contribution in [3.8, 4) is 5.75 Å². The monoisotopic (exact) mass is 509 g/mol. The maximum atomic E-state index is 13.6. The minimum absolute atomic E-state index is 0.0217. The van der Waals surface area contributed by atoms with Crippen molar-refractivity contribution in [3.05, 3.63) is 137 Å². The molecule has 196 valence electrons. The van der Waals surface area contributed by atoms with Gasteiger partial charge in [-0.1, -0.05) is 84.4 Å². The first-order valence-electron chi connectivity index (χ1n) is 13.3. The molecule has 0 aromatic heterocycles. The smallest absolute Gasteiger partial charge is 0.220 e. The summed E-state index contributed by atoms with van der Waals surface area (Å²) in [7, 11) is 0. The van der Waals surface area contributed by atoms with Gasteiger partial charge < -0.3 is 10.1 Å². The van der Waals surface area contributed by atoms with E-state index in [1.165, 1.54) is 28.8 Å². The van der Waals surface area contributed by atoms with Crippen LogP contribution in [0.15, 0.2) is 103 Å². The predicted molar refractivity (Wildman–Crippen MR) is 152 cm³/mol. The molecule has 0 heterocycles. The highest BCUT2D eigenvalue weighted by molar-refractivity contribution is 5.77. The number of hydrogen-bond donors (Lipinski definition) is 1. The van der Waals surface area contributed by atoms with Gasteiger partial charge in [0.2, 0.25) is 5.91 Å². The third-order valence-corrected chi connectivity index (χ3v) is 6.75. The fraction of sp³-hybridized carbons (Fsp3) is 0.265. The molecule has 1 N–H and O–H groups in total. The number of rotatable bonds is 11. The van der Waals surface area contributed by atoms with Crippen LogP contribution >= 0.6 is 0 Å². The molecule has 0 saturated carbocycles. The summed E-state index contributed by atoms with van der Waals surface area (Å²) in [6.07, 6.45) is 1.19. The van der Waals surface area contributed by atoms with Crippen LogP contribution in [-0.2, 0) is 4.79 Å². The molecule has 0 fully saturated rings. The van der Waals surface area contributed by atoms with Crippen LogP contribution in [0.4, 0.5) is 4.39 Å². The minimum Gasteiger partial charge on any atom is -0.491 e. The fourth-order valence-electron chi connectivity index (χ4n) is 4.80. The maximum absolute atomic E-state index is 13.6. The summed E-state index contributed by atoms with van der Waals surface area (Å²) >= 11 is 0. The molecular formula is C34H36FNO2. The molecule has 4 aromatic rings. The number of halogens is 1. The van der Waals surface area contributed by atoms with Crippen molar-refractivity contribution in [1.82, 2.24) is 5.32 Å². The summed E-state index contributed by atoms with van der Waals surface area (Å²) < 4.78 is 19.4. The van der Waals surface area contributed by atoms with E-state index in [0.717, 1.165) is 23.3 Å². The van der Waals surface area contributed by atoms with Crippen LogP contribution in [0.1, 0.15) is 66.3 Å². The third-order valence-electron chi connectivity index (χ3n) is 6.75. The number of carbonyl (C=O) groups is 1. The SMILES string of the molecule is Cc1ccc(C(CCNC(=O)CC(c2ccccc2)c2ccc(F)cc2)c2ccc(OC(C)C)cc2)cc1. The van der Waals surface area contributed by atoms with Gasteiger partial charge in [0.05, 0.1) is 6.10 Å². The lowest BCUT2D eigenvalue weighted by Gasteiger charge is -2.21. The first kappa shape index (κ1) is 27.1. The fourth-order valence-corrected chi connectivity index (χ4v) is 4.80. The summed E-state index contributed by atoms with van der Waals surface area (Å²) in [5, 5.41) is 3.15. The van der Waals surface area contributed by atoms with Crippen LogP contribution in [0.2, 0.25) is 0 Å². The van der Waals surface area contributed by atoms with E-state index < -0.39 is 0 Å². The first-order chi connectivity index (χ1) is 18.4. The minimum atomic E-state index is -0.282. The lowest BCUT2D eigenvalue weighted by molar-refractivity contribution is -0.121. The Morgan fingerprint density at radius 3 is 1.87 bits per heavy atom. The summed E-state index contributed by atoms with van der Waals surface area (Å²) in [6.45, 7) is 6.67. The van der Waals surface area contributed by atoms with E-state index in [2.05, 4.69) is 48.6 Å². The summed E-state index contributed by atoms with van der Waals surface area (Å²) in [5.41, 5.74) is 5.59.